The van der Waals surface area contributed by atoms with Gasteiger partial charge in [0.1, 0.15) is 6.04 Å². The van der Waals surface area contributed by atoms with Crippen LogP contribution in [0.25, 0.3) is 0 Å². The van der Waals surface area contributed by atoms with Crippen LogP contribution in [0.5, 0.6) is 0 Å². The molecule has 1 rings (SSSR count). The van der Waals surface area contributed by atoms with Crippen molar-refractivity contribution in [2.75, 3.05) is 13.7 Å². The van der Waals surface area contributed by atoms with Crippen LogP contribution in [0.3, 0.4) is 0 Å². The van der Waals surface area contributed by atoms with Crippen LogP contribution in [0.2, 0.25) is 0 Å². The monoisotopic (exact) mass is 372 g/mol. The van der Waals surface area contributed by atoms with Crippen LogP contribution >= 0.6 is 0 Å². The summed E-state index contributed by atoms with van der Waals surface area (Å²) in [4.78, 5) is 24.2. The van der Waals surface area contributed by atoms with Gasteiger partial charge in [0.25, 0.3) is 5.91 Å². The van der Waals surface area contributed by atoms with Crippen LogP contribution in [0.4, 0.5) is 0 Å². The molecule has 0 aromatic heterocycles. The first kappa shape index (κ1) is 22.2. The van der Waals surface area contributed by atoms with Gasteiger partial charge in [-0.05, 0) is 50.0 Å². The molecular weight excluding hydrogens is 348 g/mol. The van der Waals surface area contributed by atoms with Gasteiger partial charge in [-0.3, -0.25) is 4.79 Å². The topological polar surface area (TPSA) is 122 Å². The summed E-state index contributed by atoms with van der Waals surface area (Å²) in [5.41, 5.74) is 5.94. The zero-order valence-corrected chi connectivity index (χ0v) is 15.6. The number of hydrogen-bond donors (Lipinski definition) is 4. The average Bonchev–Trinajstić information content (AvgIpc) is 2.64. The van der Waals surface area contributed by atoms with Crippen molar-refractivity contribution >= 4 is 11.9 Å². The van der Waals surface area contributed by atoms with Gasteiger partial charge >= 0.3 is 5.97 Å². The molecular formula is C20H24N2O5. The lowest BCUT2D eigenvalue weighted by Crippen LogP contribution is -2.59. The first-order chi connectivity index (χ1) is 12.7. The number of benzene rings is 1. The minimum atomic E-state index is -0.990. The summed E-state index contributed by atoms with van der Waals surface area (Å²) in [7, 11) is 1.23. The van der Waals surface area contributed by atoms with E-state index in [4.69, 9.17) is 15.9 Å². The van der Waals surface area contributed by atoms with E-state index in [1.165, 1.54) is 7.11 Å². The summed E-state index contributed by atoms with van der Waals surface area (Å²) in [5, 5.41) is 20.4. The van der Waals surface area contributed by atoms with Gasteiger partial charge in [0, 0.05) is 23.1 Å². The van der Waals surface area contributed by atoms with Crippen molar-refractivity contribution in [1.82, 2.24) is 5.32 Å². The minimum Gasteiger partial charge on any atom is -0.467 e. The molecule has 0 unspecified atom stereocenters. The number of carbonyl (C=O) groups excluding carboxylic acids is 2. The highest BCUT2D eigenvalue weighted by atomic mass is 16.5. The van der Waals surface area contributed by atoms with Crippen molar-refractivity contribution in [3.05, 3.63) is 35.4 Å². The zero-order chi connectivity index (χ0) is 20.4. The van der Waals surface area contributed by atoms with Crippen molar-refractivity contribution in [1.29, 1.82) is 0 Å². The molecule has 5 N–H and O–H groups in total. The van der Waals surface area contributed by atoms with E-state index in [2.05, 4.69) is 33.7 Å². The van der Waals surface area contributed by atoms with Crippen molar-refractivity contribution < 1.29 is 24.5 Å². The predicted octanol–water partition coefficient (Wildman–Crippen LogP) is -0.206. The number of esters is 1. The summed E-state index contributed by atoms with van der Waals surface area (Å²) in [6, 6.07) is 5.44. The normalized spacial score (nSPS) is 12.5. The van der Waals surface area contributed by atoms with Crippen LogP contribution in [-0.4, -0.2) is 53.5 Å². The molecule has 0 aliphatic heterocycles. The number of methoxy groups -OCH3 is 1. The fourth-order valence-electron chi connectivity index (χ4n) is 1.97. The van der Waals surface area contributed by atoms with Gasteiger partial charge in [-0.2, -0.15) is 0 Å². The van der Waals surface area contributed by atoms with Crippen molar-refractivity contribution in [2.24, 2.45) is 5.73 Å². The molecule has 7 heteroatoms. The Morgan fingerprint density at radius 1 is 1.26 bits per heavy atom. The van der Waals surface area contributed by atoms with Gasteiger partial charge < -0.3 is 26.0 Å². The molecule has 0 spiro atoms. The number of hydrogen-bond acceptors (Lipinski definition) is 6. The molecule has 1 aromatic rings. The molecule has 0 saturated heterocycles. The number of ether oxygens (including phenoxy) is 1. The van der Waals surface area contributed by atoms with E-state index >= 15 is 0 Å². The Morgan fingerprint density at radius 2 is 1.89 bits per heavy atom. The molecule has 7 nitrogen and oxygen atoms in total. The van der Waals surface area contributed by atoms with Gasteiger partial charge in [-0.1, -0.05) is 11.8 Å². The fraction of sp³-hybridized carbons (Fsp3) is 0.400. The quantitative estimate of drug-likeness (QED) is 0.405. The van der Waals surface area contributed by atoms with Gasteiger partial charge in [-0.25, -0.2) is 4.79 Å². The summed E-state index contributed by atoms with van der Waals surface area (Å²) in [6.07, 6.45) is -0.729. The molecule has 0 heterocycles. The molecule has 0 aliphatic rings. The Morgan fingerprint density at radius 3 is 2.41 bits per heavy atom. The number of aliphatic hydroxyl groups excluding tert-OH is 2. The highest BCUT2D eigenvalue weighted by molar-refractivity contribution is 5.97. The molecule has 27 heavy (non-hydrogen) atoms. The molecule has 0 radical (unpaired) electrons. The van der Waals surface area contributed by atoms with Crippen LogP contribution in [0, 0.1) is 23.7 Å². The Bertz CT molecular complexity index is 773. The predicted molar refractivity (Wildman–Crippen MR) is 100 cm³/mol. The van der Waals surface area contributed by atoms with E-state index < -0.39 is 29.6 Å². The van der Waals surface area contributed by atoms with E-state index in [-0.39, 0.29) is 13.0 Å². The highest BCUT2D eigenvalue weighted by Crippen LogP contribution is 2.10. The number of rotatable bonds is 6. The van der Waals surface area contributed by atoms with E-state index in [9.17, 15) is 9.59 Å². The Labute approximate surface area is 158 Å². The third-order valence-corrected chi connectivity index (χ3v) is 3.51. The maximum Gasteiger partial charge on any atom is 0.330 e. The zero-order valence-electron chi connectivity index (χ0n) is 15.6. The number of amides is 1. The first-order valence-electron chi connectivity index (χ1n) is 8.24. The van der Waals surface area contributed by atoms with Crippen molar-refractivity contribution in [2.45, 2.75) is 38.0 Å². The number of nitrogens with one attached hydrogen (secondary N) is 1. The molecule has 0 saturated carbocycles. The SMILES string of the molecule is COC(=O)[C@@H](NC(=O)c1ccc(C#CC#CC[C@@H](O)CO)cc1)C(C)(C)N. The van der Waals surface area contributed by atoms with Gasteiger partial charge in [0.15, 0.2) is 0 Å². The molecule has 1 amide bonds. The van der Waals surface area contributed by atoms with Crippen LogP contribution in [0.1, 0.15) is 36.2 Å². The van der Waals surface area contributed by atoms with E-state index in [0.29, 0.717) is 11.1 Å². The fourth-order valence-corrected chi connectivity index (χ4v) is 1.97. The molecule has 0 bridgehead atoms. The summed E-state index contributed by atoms with van der Waals surface area (Å²) < 4.78 is 4.69. The van der Waals surface area contributed by atoms with Crippen molar-refractivity contribution in [3.63, 3.8) is 0 Å². The summed E-state index contributed by atoms with van der Waals surface area (Å²) >= 11 is 0. The second kappa shape index (κ2) is 10.3. The molecule has 144 valence electrons. The van der Waals surface area contributed by atoms with E-state index in [0.717, 1.165) is 0 Å². The van der Waals surface area contributed by atoms with E-state index in [1.54, 1.807) is 38.1 Å². The lowest BCUT2D eigenvalue weighted by Gasteiger charge is -2.28. The van der Waals surface area contributed by atoms with Crippen LogP contribution in [-0.2, 0) is 9.53 Å². The molecule has 1 aromatic carbocycles. The Hall–Kier alpha value is -2.84. The van der Waals surface area contributed by atoms with Gasteiger partial charge in [0.05, 0.1) is 19.8 Å². The maximum atomic E-state index is 12.3. The van der Waals surface area contributed by atoms with E-state index in [1.807, 2.05) is 0 Å². The number of aliphatic hydroxyl groups is 2. The third kappa shape index (κ3) is 7.51. The summed E-state index contributed by atoms with van der Waals surface area (Å²) in [6.45, 7) is 2.89. The summed E-state index contributed by atoms with van der Waals surface area (Å²) in [5.74, 6) is 9.55. The van der Waals surface area contributed by atoms with Crippen LogP contribution in [0.15, 0.2) is 24.3 Å². The second-order valence-corrected chi connectivity index (χ2v) is 6.42. The van der Waals surface area contributed by atoms with Crippen LogP contribution < -0.4 is 11.1 Å². The number of carbonyl (C=O) groups is 2. The van der Waals surface area contributed by atoms with Crippen molar-refractivity contribution in [3.8, 4) is 23.7 Å². The minimum absolute atomic E-state index is 0.142. The Kier molecular flexibility index (Phi) is 8.50. The maximum absolute atomic E-state index is 12.3. The smallest absolute Gasteiger partial charge is 0.330 e. The molecule has 0 fully saturated rings. The average molecular weight is 372 g/mol. The third-order valence-electron chi connectivity index (χ3n) is 3.51. The molecule has 0 aliphatic carbocycles. The number of nitrogens with two attached hydrogens (primary N) is 1. The Balaban J connectivity index is 2.78. The lowest BCUT2D eigenvalue weighted by atomic mass is 9.95. The van der Waals surface area contributed by atoms with Gasteiger partial charge in [0.2, 0.25) is 0 Å². The lowest BCUT2D eigenvalue weighted by molar-refractivity contribution is -0.144. The molecule has 2 atom stereocenters. The first-order valence-corrected chi connectivity index (χ1v) is 8.24. The highest BCUT2D eigenvalue weighted by Gasteiger charge is 2.34. The standard InChI is InChI=1S/C20H24N2O5/c1-20(2,21)17(19(26)27-3)22-18(25)15-11-9-14(10-12-15)7-5-4-6-8-16(24)13-23/h9-12,16-17,23-24H,8,13,21H2,1-3H3,(H,22,25)/t16-,17-/m1/s1. The second-order valence-electron chi connectivity index (χ2n) is 6.42. The van der Waals surface area contributed by atoms with Gasteiger partial charge in [-0.15, -0.1) is 0 Å². The largest absolute Gasteiger partial charge is 0.467 e.